The first-order chi connectivity index (χ1) is 10.2. The molecule has 1 amide bonds. The van der Waals surface area contributed by atoms with E-state index in [9.17, 15) is 4.79 Å². The van der Waals surface area contributed by atoms with Crippen LogP contribution in [-0.2, 0) is 0 Å². The molecule has 4 nitrogen and oxygen atoms in total. The topological polar surface area (TPSA) is 32.8 Å². The lowest BCUT2D eigenvalue weighted by Crippen LogP contribution is -2.35. The van der Waals surface area contributed by atoms with Gasteiger partial charge >= 0.3 is 0 Å². The molecule has 1 aliphatic heterocycles. The molecule has 0 saturated carbocycles. The van der Waals surface area contributed by atoms with E-state index in [1.54, 1.807) is 0 Å². The minimum Gasteiger partial charge on any atom is -0.494 e. The summed E-state index contributed by atoms with van der Waals surface area (Å²) in [6.07, 6.45) is 2.93. The molecule has 1 aliphatic rings. The number of carbonyl (C=O) groups is 1. The first-order valence-corrected chi connectivity index (χ1v) is 7.60. The lowest BCUT2D eigenvalue weighted by molar-refractivity contribution is 0.0762. The van der Waals surface area contributed by atoms with Gasteiger partial charge in [-0.05, 0) is 37.6 Å². The zero-order valence-corrected chi connectivity index (χ0v) is 12.8. The van der Waals surface area contributed by atoms with Gasteiger partial charge in [0.05, 0.1) is 6.61 Å². The maximum atomic E-state index is 12.5. The summed E-state index contributed by atoms with van der Waals surface area (Å²) in [4.78, 5) is 16.8. The molecule has 2 rings (SSSR count). The Morgan fingerprint density at radius 2 is 2.00 bits per heavy atom. The van der Waals surface area contributed by atoms with E-state index in [4.69, 9.17) is 4.74 Å². The third-order valence-corrected chi connectivity index (χ3v) is 3.68. The molecule has 0 radical (unpaired) electrons. The minimum absolute atomic E-state index is 0.110. The van der Waals surface area contributed by atoms with Crippen LogP contribution in [0.15, 0.2) is 36.9 Å². The Labute approximate surface area is 127 Å². The Morgan fingerprint density at radius 1 is 1.24 bits per heavy atom. The fourth-order valence-corrected chi connectivity index (χ4v) is 2.58. The predicted octanol–water partition coefficient (Wildman–Crippen LogP) is 2.42. The van der Waals surface area contributed by atoms with E-state index in [2.05, 4.69) is 11.5 Å². The summed E-state index contributed by atoms with van der Waals surface area (Å²) < 4.78 is 5.41. The number of benzene rings is 1. The first kappa shape index (κ1) is 15.6. The van der Waals surface area contributed by atoms with Crippen molar-refractivity contribution in [3.8, 4) is 5.75 Å². The molecule has 0 N–H and O–H groups in total. The number of amides is 1. The van der Waals surface area contributed by atoms with Gasteiger partial charge in [0.15, 0.2) is 0 Å². The number of ether oxygens (including phenoxy) is 1. The second-order valence-corrected chi connectivity index (χ2v) is 5.19. The van der Waals surface area contributed by atoms with Gasteiger partial charge in [-0.25, -0.2) is 0 Å². The smallest absolute Gasteiger partial charge is 0.253 e. The normalized spacial score (nSPS) is 16.3. The lowest BCUT2D eigenvalue weighted by Gasteiger charge is -2.21. The number of carbonyl (C=O) groups excluding carboxylic acids is 1. The molecule has 1 saturated heterocycles. The molecular weight excluding hydrogens is 264 g/mol. The van der Waals surface area contributed by atoms with Crippen molar-refractivity contribution in [2.24, 2.45) is 0 Å². The van der Waals surface area contributed by atoms with Crippen LogP contribution in [0.4, 0.5) is 0 Å². The number of rotatable bonds is 5. The molecular formula is C17H24N2O2. The van der Waals surface area contributed by atoms with Crippen LogP contribution in [0.1, 0.15) is 23.7 Å². The average molecular weight is 288 g/mol. The summed E-state index contributed by atoms with van der Waals surface area (Å²) in [5, 5.41) is 0. The van der Waals surface area contributed by atoms with Crippen LogP contribution in [0, 0.1) is 0 Å². The fourth-order valence-electron chi connectivity index (χ4n) is 2.58. The summed E-state index contributed by atoms with van der Waals surface area (Å²) in [5.74, 6) is 0.917. The number of hydrogen-bond acceptors (Lipinski definition) is 3. The van der Waals surface area contributed by atoms with E-state index >= 15 is 0 Å². The SMILES string of the molecule is C=CCN1CCCN(C(=O)c2ccc(OCC)cc2)CC1. The summed E-state index contributed by atoms with van der Waals surface area (Å²) in [5.41, 5.74) is 0.732. The summed E-state index contributed by atoms with van der Waals surface area (Å²) >= 11 is 0. The third kappa shape index (κ3) is 4.33. The van der Waals surface area contributed by atoms with E-state index in [1.807, 2.05) is 42.2 Å². The number of nitrogens with zero attached hydrogens (tertiary/aromatic N) is 2. The molecule has 0 bridgehead atoms. The Hall–Kier alpha value is -1.81. The highest BCUT2D eigenvalue weighted by atomic mass is 16.5. The lowest BCUT2D eigenvalue weighted by atomic mass is 10.2. The van der Waals surface area contributed by atoms with Crippen LogP contribution >= 0.6 is 0 Å². The summed E-state index contributed by atoms with van der Waals surface area (Å²) in [6.45, 7) is 10.8. The summed E-state index contributed by atoms with van der Waals surface area (Å²) in [6, 6.07) is 7.41. The van der Waals surface area contributed by atoms with Crippen LogP contribution in [0.25, 0.3) is 0 Å². The average Bonchev–Trinajstić information content (AvgIpc) is 2.74. The van der Waals surface area contributed by atoms with Crippen LogP contribution in [0.2, 0.25) is 0 Å². The quantitative estimate of drug-likeness (QED) is 0.780. The molecule has 0 aliphatic carbocycles. The van der Waals surface area contributed by atoms with Crippen LogP contribution < -0.4 is 4.74 Å². The molecule has 0 unspecified atom stereocenters. The highest BCUT2D eigenvalue weighted by Crippen LogP contribution is 2.15. The van der Waals surface area contributed by atoms with Crippen LogP contribution in [-0.4, -0.2) is 55.0 Å². The van der Waals surface area contributed by atoms with E-state index in [-0.39, 0.29) is 5.91 Å². The van der Waals surface area contributed by atoms with Gasteiger partial charge < -0.3 is 9.64 Å². The van der Waals surface area contributed by atoms with E-state index < -0.39 is 0 Å². The van der Waals surface area contributed by atoms with Crippen LogP contribution in [0.5, 0.6) is 5.75 Å². The summed E-state index contributed by atoms with van der Waals surface area (Å²) in [7, 11) is 0. The van der Waals surface area contributed by atoms with Gasteiger partial charge in [-0.1, -0.05) is 6.08 Å². The van der Waals surface area contributed by atoms with Crippen molar-refractivity contribution in [2.75, 3.05) is 39.3 Å². The number of hydrogen-bond donors (Lipinski definition) is 0. The Kier molecular flexibility index (Phi) is 5.81. The van der Waals surface area contributed by atoms with Crippen molar-refractivity contribution in [3.63, 3.8) is 0 Å². The maximum Gasteiger partial charge on any atom is 0.253 e. The van der Waals surface area contributed by atoms with Crippen molar-refractivity contribution >= 4 is 5.91 Å². The molecule has 21 heavy (non-hydrogen) atoms. The van der Waals surface area contributed by atoms with E-state index in [1.165, 1.54) is 0 Å². The van der Waals surface area contributed by atoms with Gasteiger partial charge in [0.2, 0.25) is 0 Å². The first-order valence-electron chi connectivity index (χ1n) is 7.60. The molecule has 4 heteroatoms. The van der Waals surface area contributed by atoms with Crippen molar-refractivity contribution in [1.29, 1.82) is 0 Å². The molecule has 1 aromatic carbocycles. The van der Waals surface area contributed by atoms with Gasteiger partial charge in [0, 0.05) is 38.3 Å². The molecule has 1 aromatic rings. The van der Waals surface area contributed by atoms with Crippen LogP contribution in [0.3, 0.4) is 0 Å². The second-order valence-electron chi connectivity index (χ2n) is 5.19. The third-order valence-electron chi connectivity index (χ3n) is 3.68. The zero-order valence-electron chi connectivity index (χ0n) is 12.8. The molecule has 0 atom stereocenters. The molecule has 0 spiro atoms. The minimum atomic E-state index is 0.110. The standard InChI is InChI=1S/C17H24N2O2/c1-3-10-18-11-5-12-19(14-13-18)17(20)15-6-8-16(9-7-15)21-4-2/h3,6-9H,1,4-5,10-14H2,2H3. The second kappa shape index (κ2) is 7.84. The van der Waals surface area contributed by atoms with Gasteiger partial charge in [-0.3, -0.25) is 9.69 Å². The monoisotopic (exact) mass is 288 g/mol. The van der Waals surface area contributed by atoms with Gasteiger partial charge in [-0.2, -0.15) is 0 Å². The Morgan fingerprint density at radius 3 is 2.67 bits per heavy atom. The van der Waals surface area contributed by atoms with Crippen molar-refractivity contribution in [2.45, 2.75) is 13.3 Å². The largest absolute Gasteiger partial charge is 0.494 e. The fraction of sp³-hybridized carbons (Fsp3) is 0.471. The van der Waals surface area contributed by atoms with E-state index in [0.29, 0.717) is 6.61 Å². The zero-order chi connectivity index (χ0) is 15.1. The molecule has 0 aromatic heterocycles. The van der Waals surface area contributed by atoms with Gasteiger partial charge in [0.25, 0.3) is 5.91 Å². The molecule has 1 fully saturated rings. The Bertz CT molecular complexity index is 470. The highest BCUT2D eigenvalue weighted by molar-refractivity contribution is 5.94. The Balaban J connectivity index is 1.97. The maximum absolute atomic E-state index is 12.5. The van der Waals surface area contributed by atoms with Crippen molar-refractivity contribution in [3.05, 3.63) is 42.5 Å². The van der Waals surface area contributed by atoms with Gasteiger partial charge in [-0.15, -0.1) is 6.58 Å². The van der Waals surface area contributed by atoms with Crippen molar-refractivity contribution in [1.82, 2.24) is 9.80 Å². The predicted molar refractivity (Wildman–Crippen MR) is 84.8 cm³/mol. The highest BCUT2D eigenvalue weighted by Gasteiger charge is 2.19. The molecule has 114 valence electrons. The van der Waals surface area contributed by atoms with E-state index in [0.717, 1.165) is 50.5 Å². The van der Waals surface area contributed by atoms with Gasteiger partial charge in [0.1, 0.15) is 5.75 Å². The molecule has 1 heterocycles. The van der Waals surface area contributed by atoms with Crippen molar-refractivity contribution < 1.29 is 9.53 Å².